The summed E-state index contributed by atoms with van der Waals surface area (Å²) in [6.07, 6.45) is -5.64. The highest BCUT2D eigenvalue weighted by atomic mass is 19.4. The lowest BCUT2D eigenvalue weighted by atomic mass is 9.93. The fraction of sp³-hybridized carbons (Fsp3) is 0.500. The van der Waals surface area contributed by atoms with Crippen molar-refractivity contribution in [1.82, 2.24) is 10.2 Å². The average molecular weight is 570 g/mol. The molecular formula is C28H29F6N3O3. The number of alkyl halides is 6. The van der Waals surface area contributed by atoms with E-state index >= 15 is 0 Å². The molecule has 1 saturated carbocycles. The van der Waals surface area contributed by atoms with E-state index in [2.05, 4.69) is 10.1 Å². The lowest BCUT2D eigenvalue weighted by Crippen LogP contribution is -2.58. The third-order valence-corrected chi connectivity index (χ3v) is 8.17. The molecule has 2 saturated heterocycles. The quantitative estimate of drug-likeness (QED) is 0.468. The molecule has 2 heterocycles. The zero-order chi connectivity index (χ0) is 28.9. The molecule has 2 unspecified atom stereocenters. The maximum absolute atomic E-state index is 13.9. The highest BCUT2D eigenvalue weighted by Gasteiger charge is 2.53. The molecule has 0 spiro atoms. The number of ether oxygens (including phenoxy) is 1. The van der Waals surface area contributed by atoms with Gasteiger partial charge in [0.05, 0.1) is 11.0 Å². The smallest absolute Gasteiger partial charge is 0.406 e. The number of hydrogen-bond acceptors (Lipinski definition) is 4. The second-order valence-electron chi connectivity index (χ2n) is 10.9. The van der Waals surface area contributed by atoms with Crippen LogP contribution in [-0.4, -0.2) is 47.2 Å². The van der Waals surface area contributed by atoms with Crippen LogP contribution < -0.4 is 15.8 Å². The Morgan fingerprint density at radius 1 is 0.950 bits per heavy atom. The van der Waals surface area contributed by atoms with Gasteiger partial charge >= 0.3 is 12.5 Å². The topological polar surface area (TPSA) is 84.7 Å². The first-order chi connectivity index (χ1) is 18.7. The number of halogens is 6. The Bertz CT molecular complexity index is 1230. The molecule has 40 heavy (non-hydrogen) atoms. The number of piperidine rings is 1. The summed E-state index contributed by atoms with van der Waals surface area (Å²) in [5.41, 5.74) is 5.26. The third kappa shape index (κ3) is 5.91. The van der Waals surface area contributed by atoms with Gasteiger partial charge in [0, 0.05) is 24.5 Å². The van der Waals surface area contributed by atoms with Crippen LogP contribution in [-0.2, 0) is 27.6 Å². The summed E-state index contributed by atoms with van der Waals surface area (Å²) in [6.45, 7) is 0. The molecule has 3 atom stereocenters. The van der Waals surface area contributed by atoms with Crippen LogP contribution in [0.2, 0.25) is 0 Å². The Labute approximate surface area is 226 Å². The summed E-state index contributed by atoms with van der Waals surface area (Å²) in [4.78, 5) is 29.2. The molecule has 3 N–H and O–H groups in total. The van der Waals surface area contributed by atoms with Crippen molar-refractivity contribution < 1.29 is 40.7 Å². The van der Waals surface area contributed by atoms with Gasteiger partial charge in [-0.25, -0.2) is 0 Å². The number of benzene rings is 2. The van der Waals surface area contributed by atoms with Crippen molar-refractivity contribution in [2.75, 3.05) is 0 Å². The highest BCUT2D eigenvalue weighted by molar-refractivity contribution is 5.95. The number of rotatable bonds is 7. The van der Waals surface area contributed by atoms with Gasteiger partial charge in [0.1, 0.15) is 11.8 Å². The van der Waals surface area contributed by atoms with Crippen LogP contribution in [0, 0.1) is 0 Å². The van der Waals surface area contributed by atoms with Crippen molar-refractivity contribution >= 4 is 11.8 Å². The summed E-state index contributed by atoms with van der Waals surface area (Å²) >= 11 is 0. The molecule has 1 aliphatic carbocycles. The van der Waals surface area contributed by atoms with Crippen molar-refractivity contribution in [2.24, 2.45) is 5.73 Å². The zero-order valence-electron chi connectivity index (χ0n) is 21.4. The second-order valence-corrected chi connectivity index (χ2v) is 10.9. The first-order valence-corrected chi connectivity index (χ1v) is 13.2. The van der Waals surface area contributed by atoms with E-state index < -0.39 is 41.2 Å². The Hall–Kier alpha value is -3.28. The lowest BCUT2D eigenvalue weighted by Gasteiger charge is -2.40. The number of carbonyl (C=O) groups excluding carboxylic acids is 2. The van der Waals surface area contributed by atoms with Gasteiger partial charge in [0.25, 0.3) is 0 Å². The number of nitrogens with one attached hydrogen (secondary N) is 1. The van der Waals surface area contributed by atoms with Crippen molar-refractivity contribution in [3.8, 4) is 5.75 Å². The number of nitrogens with zero attached hydrogens (tertiary/aromatic N) is 1. The Morgan fingerprint density at radius 3 is 2.02 bits per heavy atom. The van der Waals surface area contributed by atoms with Crippen LogP contribution in [0.1, 0.15) is 55.2 Å². The van der Waals surface area contributed by atoms with E-state index in [-0.39, 0.29) is 30.5 Å². The number of hydrogen-bond donors (Lipinski definition) is 2. The number of amides is 2. The molecule has 2 aliphatic heterocycles. The minimum absolute atomic E-state index is 0.0147. The molecule has 3 fully saturated rings. The van der Waals surface area contributed by atoms with Crippen molar-refractivity contribution in [1.29, 1.82) is 0 Å². The Kier molecular flexibility index (Phi) is 7.26. The molecule has 6 nitrogen and oxygen atoms in total. The van der Waals surface area contributed by atoms with Gasteiger partial charge in [-0.3, -0.25) is 9.59 Å². The molecule has 0 aromatic heterocycles. The summed E-state index contributed by atoms with van der Waals surface area (Å²) < 4.78 is 80.7. The molecule has 216 valence electrons. The number of fused-ring (bicyclic) bond motifs is 2. The summed E-state index contributed by atoms with van der Waals surface area (Å²) in [6, 6.07) is 8.34. The maximum atomic E-state index is 13.9. The van der Waals surface area contributed by atoms with Crippen LogP contribution in [0.5, 0.6) is 5.75 Å². The lowest BCUT2D eigenvalue weighted by molar-refractivity contribution is -0.274. The predicted octanol–water partition coefficient (Wildman–Crippen LogP) is 4.84. The maximum Gasteiger partial charge on any atom is 0.573 e. The van der Waals surface area contributed by atoms with Crippen LogP contribution in [0.4, 0.5) is 26.3 Å². The fourth-order valence-corrected chi connectivity index (χ4v) is 6.07. The number of nitrogens with two attached hydrogens (primary N) is 1. The van der Waals surface area contributed by atoms with Gasteiger partial charge in [-0.1, -0.05) is 24.3 Å². The monoisotopic (exact) mass is 569 g/mol. The summed E-state index contributed by atoms with van der Waals surface area (Å²) in [7, 11) is 0. The van der Waals surface area contributed by atoms with E-state index in [1.165, 1.54) is 24.3 Å². The normalized spacial score (nSPS) is 24.4. The molecule has 2 aromatic rings. The average Bonchev–Trinajstić information content (AvgIpc) is 3.63. The van der Waals surface area contributed by atoms with Gasteiger partial charge < -0.3 is 20.7 Å². The van der Waals surface area contributed by atoms with Crippen LogP contribution in [0.25, 0.3) is 0 Å². The standard InChI is InChI=1S/C28H29F6N3O3/c29-27(30,31)18-3-1-16(2-4-18)13-23(24(38)37-20-7-8-21(37)15-19(35)14-20)36-25(39)26(11-12-26)17-5-9-22(10-6-17)40-28(32,33)34/h1-6,9-10,19-21,23H,7-8,11-15,35H2,(H,36,39)/t19?,20?,21?,23-/m0/s1. The van der Waals surface area contributed by atoms with E-state index in [0.29, 0.717) is 36.8 Å². The molecular weight excluding hydrogens is 540 g/mol. The molecule has 2 amide bonds. The van der Waals surface area contributed by atoms with Gasteiger partial charge in [-0.05, 0) is 73.9 Å². The molecule has 2 bridgehead atoms. The van der Waals surface area contributed by atoms with Crippen LogP contribution in [0.15, 0.2) is 48.5 Å². The largest absolute Gasteiger partial charge is 0.573 e. The first kappa shape index (κ1) is 28.3. The van der Waals surface area contributed by atoms with Gasteiger partial charge in [0.2, 0.25) is 11.8 Å². The summed E-state index contributed by atoms with van der Waals surface area (Å²) in [5.74, 6) is -1.18. The molecule has 5 rings (SSSR count). The number of carbonyl (C=O) groups is 2. The van der Waals surface area contributed by atoms with E-state index in [1.54, 1.807) is 4.90 Å². The first-order valence-electron chi connectivity index (χ1n) is 13.2. The van der Waals surface area contributed by atoms with Gasteiger partial charge in [0.15, 0.2) is 0 Å². The van der Waals surface area contributed by atoms with Crippen molar-refractivity contribution in [3.63, 3.8) is 0 Å². The second kappa shape index (κ2) is 10.3. The van der Waals surface area contributed by atoms with E-state index in [4.69, 9.17) is 5.73 Å². The third-order valence-electron chi connectivity index (χ3n) is 8.17. The SMILES string of the molecule is NC1CC2CCC(C1)N2C(=O)[C@H](Cc1ccc(C(F)(F)F)cc1)NC(=O)C1(c2ccc(OC(F)(F)F)cc2)CC1. The van der Waals surface area contributed by atoms with Crippen molar-refractivity contribution in [2.45, 2.75) is 87.1 Å². The van der Waals surface area contributed by atoms with Gasteiger partial charge in [-0.15, -0.1) is 13.2 Å². The fourth-order valence-electron chi connectivity index (χ4n) is 6.07. The molecule has 12 heteroatoms. The zero-order valence-corrected chi connectivity index (χ0v) is 21.4. The molecule has 0 radical (unpaired) electrons. The van der Waals surface area contributed by atoms with Gasteiger partial charge in [-0.2, -0.15) is 13.2 Å². The van der Waals surface area contributed by atoms with Crippen LogP contribution in [0.3, 0.4) is 0 Å². The van der Waals surface area contributed by atoms with Crippen LogP contribution >= 0.6 is 0 Å². The van der Waals surface area contributed by atoms with Crippen molar-refractivity contribution in [3.05, 3.63) is 65.2 Å². The Morgan fingerprint density at radius 2 is 1.52 bits per heavy atom. The minimum atomic E-state index is -4.85. The predicted molar refractivity (Wildman–Crippen MR) is 132 cm³/mol. The Balaban J connectivity index is 1.37. The highest BCUT2D eigenvalue weighted by Crippen LogP contribution is 2.49. The van der Waals surface area contributed by atoms with E-state index in [9.17, 15) is 35.9 Å². The van der Waals surface area contributed by atoms with E-state index in [0.717, 1.165) is 37.1 Å². The minimum Gasteiger partial charge on any atom is -0.406 e. The summed E-state index contributed by atoms with van der Waals surface area (Å²) in [5, 5.41) is 2.85. The molecule has 3 aliphatic rings. The molecule has 2 aromatic carbocycles. The van der Waals surface area contributed by atoms with E-state index in [1.807, 2.05) is 0 Å².